The maximum atomic E-state index is 4.32. The normalized spacial score (nSPS) is 10.8. The molecule has 102 valence electrons. The first-order valence-corrected chi connectivity index (χ1v) is 8.26. The smallest absolute Gasteiger partial charge is 0.149 e. The zero-order valence-corrected chi connectivity index (χ0v) is 12.5. The molecule has 0 amide bonds. The van der Waals surface area contributed by atoms with Crippen LogP contribution in [0.5, 0.6) is 0 Å². The highest BCUT2D eigenvalue weighted by atomic mass is 32.2. The quantitative estimate of drug-likeness (QED) is 0.556. The minimum absolute atomic E-state index is 0.902. The number of nitrogens with one attached hydrogen (secondary N) is 1. The van der Waals surface area contributed by atoms with Crippen LogP contribution >= 0.6 is 23.1 Å². The Labute approximate surface area is 125 Å². The zero-order chi connectivity index (χ0) is 13.6. The fourth-order valence-corrected chi connectivity index (χ4v) is 3.51. The van der Waals surface area contributed by atoms with Gasteiger partial charge in [-0.15, -0.1) is 11.3 Å². The lowest BCUT2D eigenvalue weighted by molar-refractivity contribution is 0.979. The molecule has 0 atom stereocenters. The van der Waals surface area contributed by atoms with E-state index in [-0.39, 0.29) is 0 Å². The molecule has 4 nitrogen and oxygen atoms in total. The Kier molecular flexibility index (Phi) is 4.45. The van der Waals surface area contributed by atoms with Crippen LogP contribution in [0.25, 0.3) is 10.9 Å². The number of hydrogen-bond donors (Lipinski definition) is 1. The van der Waals surface area contributed by atoms with Gasteiger partial charge in [0, 0.05) is 29.3 Å². The number of rotatable bonds is 6. The van der Waals surface area contributed by atoms with E-state index in [9.17, 15) is 0 Å². The van der Waals surface area contributed by atoms with E-state index in [0.717, 1.165) is 39.8 Å². The van der Waals surface area contributed by atoms with Gasteiger partial charge >= 0.3 is 0 Å². The van der Waals surface area contributed by atoms with Gasteiger partial charge in [-0.25, -0.2) is 15.0 Å². The number of anilines is 1. The van der Waals surface area contributed by atoms with Crippen molar-refractivity contribution in [1.29, 1.82) is 0 Å². The Balaban J connectivity index is 1.52. The number of aromatic nitrogens is 3. The maximum absolute atomic E-state index is 4.32. The van der Waals surface area contributed by atoms with Crippen molar-refractivity contribution >= 4 is 39.8 Å². The van der Waals surface area contributed by atoms with Gasteiger partial charge in [0.1, 0.15) is 16.5 Å². The summed E-state index contributed by atoms with van der Waals surface area (Å²) in [6.07, 6.45) is 4.52. The van der Waals surface area contributed by atoms with E-state index in [1.807, 2.05) is 35.8 Å². The molecule has 0 aliphatic rings. The predicted molar refractivity (Wildman–Crippen MR) is 85.5 cm³/mol. The molecule has 0 saturated carbocycles. The molecule has 0 aliphatic carbocycles. The summed E-state index contributed by atoms with van der Waals surface area (Å²) in [5.74, 6) is 1.97. The molecule has 6 heteroatoms. The molecule has 2 aromatic heterocycles. The van der Waals surface area contributed by atoms with E-state index in [1.54, 1.807) is 29.4 Å². The number of fused-ring (bicyclic) bond motifs is 1. The van der Waals surface area contributed by atoms with E-state index in [2.05, 4.69) is 20.3 Å². The number of thiazole rings is 1. The summed E-state index contributed by atoms with van der Waals surface area (Å²) in [6.45, 7) is 0.902. The molecular formula is C14H14N4S2. The molecule has 0 fully saturated rings. The van der Waals surface area contributed by atoms with Gasteiger partial charge in [-0.05, 0) is 18.6 Å². The average Bonchev–Trinajstić information content (AvgIpc) is 3.00. The SMILES string of the molecule is c1ccc2c(NCCCSc3nccs3)ncnc2c1. The van der Waals surface area contributed by atoms with Gasteiger partial charge < -0.3 is 5.32 Å². The van der Waals surface area contributed by atoms with Crippen molar-refractivity contribution in [2.45, 2.75) is 10.8 Å². The number of benzene rings is 1. The fourth-order valence-electron chi connectivity index (χ4n) is 1.87. The molecule has 20 heavy (non-hydrogen) atoms. The second kappa shape index (κ2) is 6.67. The van der Waals surface area contributed by atoms with Crippen LogP contribution in [-0.4, -0.2) is 27.2 Å². The Morgan fingerprint density at radius 1 is 1.15 bits per heavy atom. The highest BCUT2D eigenvalue weighted by molar-refractivity contribution is 8.00. The minimum Gasteiger partial charge on any atom is -0.369 e. The summed E-state index contributed by atoms with van der Waals surface area (Å²) < 4.78 is 1.14. The standard InChI is InChI=1S/C14H14N4S2/c1-2-5-12-11(4-1)13(18-10-17-12)15-6-3-8-19-14-16-7-9-20-14/h1-2,4-5,7,9-10H,3,6,8H2,(H,15,17,18). The topological polar surface area (TPSA) is 50.7 Å². The first-order valence-electron chi connectivity index (χ1n) is 6.39. The molecule has 0 radical (unpaired) electrons. The van der Waals surface area contributed by atoms with Crippen molar-refractivity contribution in [2.24, 2.45) is 0 Å². The van der Waals surface area contributed by atoms with E-state index in [4.69, 9.17) is 0 Å². The van der Waals surface area contributed by atoms with Crippen molar-refractivity contribution in [3.8, 4) is 0 Å². The lowest BCUT2D eigenvalue weighted by Gasteiger charge is -2.07. The largest absolute Gasteiger partial charge is 0.369 e. The molecular weight excluding hydrogens is 288 g/mol. The molecule has 2 heterocycles. The third-order valence-electron chi connectivity index (χ3n) is 2.79. The summed E-state index contributed by atoms with van der Waals surface area (Å²) in [4.78, 5) is 12.8. The van der Waals surface area contributed by atoms with Crippen LogP contribution in [-0.2, 0) is 0 Å². The number of nitrogens with zero attached hydrogens (tertiary/aromatic N) is 3. The molecule has 1 N–H and O–H groups in total. The van der Waals surface area contributed by atoms with Gasteiger partial charge in [0.05, 0.1) is 5.52 Å². The van der Waals surface area contributed by atoms with Crippen molar-refractivity contribution < 1.29 is 0 Å². The maximum Gasteiger partial charge on any atom is 0.149 e. The third-order valence-corrected chi connectivity index (χ3v) is 4.84. The molecule has 3 rings (SSSR count). The van der Waals surface area contributed by atoms with Gasteiger partial charge in [0.2, 0.25) is 0 Å². The predicted octanol–water partition coefficient (Wildman–Crippen LogP) is 3.68. The van der Waals surface area contributed by atoms with Crippen LogP contribution in [0.4, 0.5) is 5.82 Å². The van der Waals surface area contributed by atoms with Gasteiger partial charge in [-0.3, -0.25) is 0 Å². The highest BCUT2D eigenvalue weighted by Gasteiger charge is 2.02. The third kappa shape index (κ3) is 3.26. The van der Waals surface area contributed by atoms with Crippen molar-refractivity contribution in [1.82, 2.24) is 15.0 Å². The van der Waals surface area contributed by atoms with Crippen molar-refractivity contribution in [3.63, 3.8) is 0 Å². The lowest BCUT2D eigenvalue weighted by atomic mass is 10.2. The van der Waals surface area contributed by atoms with Gasteiger partial charge in [-0.2, -0.15) is 0 Å². The molecule has 0 saturated heterocycles. The van der Waals surface area contributed by atoms with Crippen molar-refractivity contribution in [3.05, 3.63) is 42.2 Å². The van der Waals surface area contributed by atoms with E-state index in [0.29, 0.717) is 0 Å². The summed E-state index contributed by atoms with van der Waals surface area (Å²) in [5, 5.41) is 6.47. The molecule has 0 unspecified atom stereocenters. The van der Waals surface area contributed by atoms with Crippen LogP contribution < -0.4 is 5.32 Å². The second-order valence-electron chi connectivity index (χ2n) is 4.17. The van der Waals surface area contributed by atoms with Crippen LogP contribution in [0.15, 0.2) is 46.5 Å². The average molecular weight is 302 g/mol. The van der Waals surface area contributed by atoms with Crippen LogP contribution in [0.2, 0.25) is 0 Å². The van der Waals surface area contributed by atoms with Crippen molar-refractivity contribution in [2.75, 3.05) is 17.6 Å². The zero-order valence-electron chi connectivity index (χ0n) is 10.8. The first kappa shape index (κ1) is 13.3. The molecule has 0 spiro atoms. The monoisotopic (exact) mass is 302 g/mol. The molecule has 1 aromatic carbocycles. The van der Waals surface area contributed by atoms with Gasteiger partial charge in [-0.1, -0.05) is 23.9 Å². The first-order chi connectivity index (χ1) is 9.93. The summed E-state index contributed by atoms with van der Waals surface area (Å²) in [5.41, 5.74) is 0.974. The van der Waals surface area contributed by atoms with Gasteiger partial charge in [0.25, 0.3) is 0 Å². The van der Waals surface area contributed by atoms with Crippen LogP contribution in [0.3, 0.4) is 0 Å². The number of para-hydroxylation sites is 1. The molecule has 0 bridgehead atoms. The van der Waals surface area contributed by atoms with Crippen LogP contribution in [0.1, 0.15) is 6.42 Å². The summed E-state index contributed by atoms with van der Waals surface area (Å²) in [7, 11) is 0. The molecule has 3 aromatic rings. The summed E-state index contributed by atoms with van der Waals surface area (Å²) in [6, 6.07) is 8.04. The Morgan fingerprint density at radius 2 is 2.10 bits per heavy atom. The fraction of sp³-hybridized carbons (Fsp3) is 0.214. The number of thioether (sulfide) groups is 1. The van der Waals surface area contributed by atoms with Gasteiger partial charge in [0.15, 0.2) is 0 Å². The summed E-state index contributed by atoms with van der Waals surface area (Å²) >= 11 is 3.49. The Bertz CT molecular complexity index is 665. The Hall–Kier alpha value is -1.66. The Morgan fingerprint density at radius 3 is 3.00 bits per heavy atom. The highest BCUT2D eigenvalue weighted by Crippen LogP contribution is 2.21. The number of hydrogen-bond acceptors (Lipinski definition) is 6. The molecule has 0 aliphatic heterocycles. The second-order valence-corrected chi connectivity index (χ2v) is 6.40. The van der Waals surface area contributed by atoms with E-state index in [1.165, 1.54) is 0 Å². The minimum atomic E-state index is 0.902. The lowest BCUT2D eigenvalue weighted by Crippen LogP contribution is -2.05. The van der Waals surface area contributed by atoms with E-state index < -0.39 is 0 Å². The van der Waals surface area contributed by atoms with E-state index >= 15 is 0 Å². The van der Waals surface area contributed by atoms with Crippen LogP contribution in [0, 0.1) is 0 Å².